The molecule has 0 saturated carbocycles. The predicted molar refractivity (Wildman–Crippen MR) is 161 cm³/mol. The molecule has 3 aromatic rings. The molecule has 0 aliphatic rings. The molecule has 208 valence electrons. The Balaban J connectivity index is 1.98. The summed E-state index contributed by atoms with van der Waals surface area (Å²) in [5.41, 5.74) is 1.13. The van der Waals surface area contributed by atoms with Gasteiger partial charge in [-0.15, -0.1) is 0 Å². The van der Waals surface area contributed by atoms with E-state index in [4.69, 9.17) is 4.74 Å². The third-order valence-corrected chi connectivity index (χ3v) is 8.60. The Morgan fingerprint density at radius 2 is 1.54 bits per heavy atom. The second-order valence-electron chi connectivity index (χ2n) is 9.49. The van der Waals surface area contributed by atoms with E-state index in [9.17, 15) is 18.0 Å². The zero-order chi connectivity index (χ0) is 28.6. The van der Waals surface area contributed by atoms with Gasteiger partial charge in [-0.05, 0) is 89.5 Å². The highest BCUT2D eigenvalue weighted by molar-refractivity contribution is 14.1. The quantitative estimate of drug-likeness (QED) is 0.284. The predicted octanol–water partition coefficient (Wildman–Crippen LogP) is 4.68. The van der Waals surface area contributed by atoms with Crippen LogP contribution < -0.4 is 14.4 Å². The molecule has 8 nitrogen and oxygen atoms in total. The average molecular weight is 664 g/mol. The van der Waals surface area contributed by atoms with E-state index < -0.39 is 28.5 Å². The molecular formula is C29H34IN3O5S. The smallest absolute Gasteiger partial charge is 0.264 e. The zero-order valence-corrected chi connectivity index (χ0v) is 25.5. The number of carbonyl (C=O) groups excluding carboxylic acids is 2. The number of methoxy groups -OCH3 is 1. The summed E-state index contributed by atoms with van der Waals surface area (Å²) in [6.45, 7) is 5.72. The maximum Gasteiger partial charge on any atom is 0.264 e. The van der Waals surface area contributed by atoms with Gasteiger partial charge in [0.15, 0.2) is 0 Å². The van der Waals surface area contributed by atoms with Crippen LogP contribution in [0.1, 0.15) is 26.3 Å². The van der Waals surface area contributed by atoms with Crippen LogP contribution in [-0.4, -0.2) is 51.4 Å². The van der Waals surface area contributed by atoms with Crippen molar-refractivity contribution in [3.8, 4) is 5.75 Å². The average Bonchev–Trinajstić information content (AvgIpc) is 2.94. The van der Waals surface area contributed by atoms with Crippen molar-refractivity contribution in [2.24, 2.45) is 5.92 Å². The van der Waals surface area contributed by atoms with Crippen molar-refractivity contribution in [1.29, 1.82) is 0 Å². The molecule has 0 spiro atoms. The lowest BCUT2D eigenvalue weighted by molar-refractivity contribution is -0.139. The van der Waals surface area contributed by atoms with Crippen LogP contribution in [0.15, 0.2) is 83.8 Å². The van der Waals surface area contributed by atoms with Crippen molar-refractivity contribution < 1.29 is 22.7 Å². The zero-order valence-electron chi connectivity index (χ0n) is 22.5. The summed E-state index contributed by atoms with van der Waals surface area (Å²) in [5.74, 6) is 0.0887. The van der Waals surface area contributed by atoms with E-state index in [0.717, 1.165) is 13.4 Å². The van der Waals surface area contributed by atoms with Crippen molar-refractivity contribution in [2.45, 2.75) is 38.3 Å². The third-order valence-electron chi connectivity index (χ3n) is 6.09. The maximum atomic E-state index is 13.9. The SMILES string of the molecule is COc1ccc(CN(C(=O)CN(c2ccc(I)cc2)S(=O)(=O)c2ccccc2)[C@H](C)C(=O)NCC(C)C)cc1. The second-order valence-corrected chi connectivity index (χ2v) is 12.6. The molecular weight excluding hydrogens is 629 g/mol. The number of rotatable bonds is 12. The molecule has 3 aromatic carbocycles. The number of sulfonamides is 1. The van der Waals surface area contributed by atoms with Crippen LogP contribution in [0.2, 0.25) is 0 Å². The van der Waals surface area contributed by atoms with E-state index >= 15 is 0 Å². The molecule has 0 aromatic heterocycles. The van der Waals surface area contributed by atoms with E-state index in [0.29, 0.717) is 18.0 Å². The Labute approximate surface area is 244 Å². The van der Waals surface area contributed by atoms with Gasteiger partial charge in [0.25, 0.3) is 10.0 Å². The highest BCUT2D eigenvalue weighted by Gasteiger charge is 2.32. The number of nitrogens with zero attached hydrogens (tertiary/aromatic N) is 2. The molecule has 0 unspecified atom stereocenters. The fourth-order valence-corrected chi connectivity index (χ4v) is 5.61. The van der Waals surface area contributed by atoms with Crippen LogP contribution in [0.5, 0.6) is 5.75 Å². The van der Waals surface area contributed by atoms with Gasteiger partial charge in [-0.25, -0.2) is 8.42 Å². The van der Waals surface area contributed by atoms with Crippen LogP contribution in [0.4, 0.5) is 5.69 Å². The van der Waals surface area contributed by atoms with Crippen molar-refractivity contribution in [3.63, 3.8) is 0 Å². The Kier molecular flexibility index (Phi) is 10.8. The number of halogens is 1. The van der Waals surface area contributed by atoms with Gasteiger partial charge in [-0.1, -0.05) is 44.2 Å². The maximum absolute atomic E-state index is 13.9. The number of anilines is 1. The lowest BCUT2D eigenvalue weighted by Gasteiger charge is -2.32. The molecule has 1 N–H and O–H groups in total. The van der Waals surface area contributed by atoms with E-state index in [2.05, 4.69) is 27.9 Å². The fourth-order valence-electron chi connectivity index (χ4n) is 3.82. The van der Waals surface area contributed by atoms with Crippen LogP contribution >= 0.6 is 22.6 Å². The molecule has 0 radical (unpaired) electrons. The van der Waals surface area contributed by atoms with Crippen LogP contribution in [-0.2, 0) is 26.2 Å². The Hall–Kier alpha value is -3.12. The number of hydrogen-bond acceptors (Lipinski definition) is 5. The van der Waals surface area contributed by atoms with Gasteiger partial charge >= 0.3 is 0 Å². The van der Waals surface area contributed by atoms with Gasteiger partial charge in [0, 0.05) is 16.7 Å². The number of amides is 2. The van der Waals surface area contributed by atoms with Gasteiger partial charge in [0.1, 0.15) is 18.3 Å². The van der Waals surface area contributed by atoms with Gasteiger partial charge in [-0.2, -0.15) is 0 Å². The molecule has 0 bridgehead atoms. The molecule has 0 fully saturated rings. The first-order valence-corrected chi connectivity index (χ1v) is 15.1. The highest BCUT2D eigenvalue weighted by atomic mass is 127. The van der Waals surface area contributed by atoms with E-state index in [-0.39, 0.29) is 23.3 Å². The molecule has 0 aliphatic carbocycles. The monoisotopic (exact) mass is 663 g/mol. The van der Waals surface area contributed by atoms with Crippen LogP contribution in [0, 0.1) is 9.49 Å². The first-order chi connectivity index (χ1) is 18.5. The summed E-state index contributed by atoms with van der Waals surface area (Å²) >= 11 is 2.14. The van der Waals surface area contributed by atoms with Crippen molar-refractivity contribution in [2.75, 3.05) is 24.5 Å². The van der Waals surface area contributed by atoms with Gasteiger partial charge in [0.05, 0.1) is 17.7 Å². The summed E-state index contributed by atoms with van der Waals surface area (Å²) in [7, 11) is -2.51. The summed E-state index contributed by atoms with van der Waals surface area (Å²) in [5, 5.41) is 2.88. The lowest BCUT2D eigenvalue weighted by atomic mass is 10.1. The van der Waals surface area contributed by atoms with E-state index in [1.165, 1.54) is 17.0 Å². The van der Waals surface area contributed by atoms with Crippen LogP contribution in [0.3, 0.4) is 0 Å². The minimum atomic E-state index is -4.08. The van der Waals surface area contributed by atoms with Crippen molar-refractivity contribution in [1.82, 2.24) is 10.2 Å². The highest BCUT2D eigenvalue weighted by Crippen LogP contribution is 2.25. The number of carbonyl (C=O) groups is 2. The Morgan fingerprint density at radius 3 is 2.10 bits per heavy atom. The Bertz CT molecular complexity index is 1350. The van der Waals surface area contributed by atoms with E-state index in [1.54, 1.807) is 68.6 Å². The van der Waals surface area contributed by atoms with E-state index in [1.807, 2.05) is 26.0 Å². The fraction of sp³-hybridized carbons (Fsp3) is 0.310. The first-order valence-electron chi connectivity index (χ1n) is 12.6. The second kappa shape index (κ2) is 13.8. The topological polar surface area (TPSA) is 96.0 Å². The Morgan fingerprint density at radius 1 is 0.923 bits per heavy atom. The normalized spacial score (nSPS) is 12.1. The molecule has 1 atom stereocenters. The van der Waals surface area contributed by atoms with Gasteiger partial charge < -0.3 is 15.0 Å². The summed E-state index contributed by atoms with van der Waals surface area (Å²) in [6, 6.07) is 21.2. The molecule has 0 saturated heterocycles. The molecule has 0 aliphatic heterocycles. The number of hydrogen-bond donors (Lipinski definition) is 1. The molecule has 10 heteroatoms. The molecule has 39 heavy (non-hydrogen) atoms. The number of ether oxygens (including phenoxy) is 1. The van der Waals surface area contributed by atoms with Crippen LogP contribution in [0.25, 0.3) is 0 Å². The minimum absolute atomic E-state index is 0.0702. The largest absolute Gasteiger partial charge is 0.497 e. The standard InChI is InChI=1S/C29H34IN3O5S/c1-21(2)18-31-29(35)22(3)32(19-23-10-16-26(38-4)17-11-23)28(34)20-33(25-14-12-24(30)13-15-25)39(36,37)27-8-6-5-7-9-27/h5-17,21-22H,18-20H2,1-4H3,(H,31,35)/t22-/m1/s1. The molecule has 0 heterocycles. The number of benzene rings is 3. The summed E-state index contributed by atoms with van der Waals surface area (Å²) in [6.07, 6.45) is 0. The minimum Gasteiger partial charge on any atom is -0.497 e. The van der Waals surface area contributed by atoms with Crippen molar-refractivity contribution >= 4 is 50.1 Å². The molecule has 2 amide bonds. The number of nitrogens with one attached hydrogen (secondary N) is 1. The lowest BCUT2D eigenvalue weighted by Crippen LogP contribution is -2.51. The first kappa shape index (κ1) is 30.4. The summed E-state index contributed by atoms with van der Waals surface area (Å²) in [4.78, 5) is 28.4. The third kappa shape index (κ3) is 8.18. The van der Waals surface area contributed by atoms with Gasteiger partial charge in [0.2, 0.25) is 11.8 Å². The van der Waals surface area contributed by atoms with Gasteiger partial charge in [-0.3, -0.25) is 13.9 Å². The van der Waals surface area contributed by atoms with Crippen molar-refractivity contribution in [3.05, 3.63) is 88.0 Å². The molecule has 3 rings (SSSR count). The summed E-state index contributed by atoms with van der Waals surface area (Å²) < 4.78 is 34.7.